The number of nitrogens with zero attached hydrogens (tertiary/aromatic N) is 1. The SMILES string of the molecule is c1ccc(-c2ccc3c(c2)B2c4ccccc4-n4c5ccccc5c5ccc(c2c54)O3)cc1. The molecule has 2 aliphatic rings. The van der Waals surface area contributed by atoms with Gasteiger partial charge in [0.15, 0.2) is 0 Å². The van der Waals surface area contributed by atoms with Gasteiger partial charge in [-0.1, -0.05) is 78.9 Å². The predicted octanol–water partition coefficient (Wildman–Crippen LogP) is 5.39. The number of hydrogen-bond donors (Lipinski definition) is 0. The molecule has 0 unspecified atom stereocenters. The minimum atomic E-state index is 0.143. The lowest BCUT2D eigenvalue weighted by Gasteiger charge is -2.33. The van der Waals surface area contributed by atoms with Crippen molar-refractivity contribution in [3.8, 4) is 28.3 Å². The Morgan fingerprint density at radius 2 is 1.36 bits per heavy atom. The zero-order valence-electron chi connectivity index (χ0n) is 17.8. The molecule has 2 aliphatic heterocycles. The van der Waals surface area contributed by atoms with Crippen LogP contribution >= 0.6 is 0 Å². The second kappa shape index (κ2) is 6.17. The number of aromatic nitrogens is 1. The lowest BCUT2D eigenvalue weighted by molar-refractivity contribution is 0.488. The summed E-state index contributed by atoms with van der Waals surface area (Å²) in [5, 5.41) is 2.57. The molecule has 0 amide bonds. The Morgan fingerprint density at radius 3 is 2.30 bits per heavy atom. The van der Waals surface area contributed by atoms with Crippen LogP contribution in [0, 0.1) is 0 Å². The fourth-order valence-corrected chi connectivity index (χ4v) is 5.89. The molecule has 0 bridgehead atoms. The van der Waals surface area contributed by atoms with Gasteiger partial charge in [-0.05, 0) is 57.8 Å². The Hall–Kier alpha value is -4.24. The fourth-order valence-electron chi connectivity index (χ4n) is 5.89. The van der Waals surface area contributed by atoms with Crippen LogP contribution in [0.15, 0.2) is 109 Å². The predicted molar refractivity (Wildman–Crippen MR) is 137 cm³/mol. The summed E-state index contributed by atoms with van der Waals surface area (Å²) < 4.78 is 8.97. The van der Waals surface area contributed by atoms with Crippen LogP contribution in [0.25, 0.3) is 38.6 Å². The highest BCUT2D eigenvalue weighted by molar-refractivity contribution is 6.99. The number of fused-ring (bicyclic) bond motifs is 8. The molecule has 3 heteroatoms. The molecule has 2 nitrogen and oxygen atoms in total. The lowest BCUT2D eigenvalue weighted by Crippen LogP contribution is -2.58. The van der Waals surface area contributed by atoms with Crippen LogP contribution in [-0.4, -0.2) is 11.3 Å². The number of hydrogen-bond acceptors (Lipinski definition) is 1. The van der Waals surface area contributed by atoms with Crippen LogP contribution in [0.2, 0.25) is 0 Å². The van der Waals surface area contributed by atoms with Crippen LogP contribution in [0.5, 0.6) is 11.5 Å². The number of para-hydroxylation sites is 2. The molecule has 0 radical (unpaired) electrons. The summed E-state index contributed by atoms with van der Waals surface area (Å²) in [7, 11) is 0. The van der Waals surface area contributed by atoms with Gasteiger partial charge in [0.1, 0.15) is 11.5 Å². The molecule has 1 aromatic heterocycles. The summed E-state index contributed by atoms with van der Waals surface area (Å²) in [6.07, 6.45) is 0. The minimum absolute atomic E-state index is 0.143. The molecule has 152 valence electrons. The largest absolute Gasteiger partial charge is 0.458 e. The van der Waals surface area contributed by atoms with Crippen LogP contribution in [-0.2, 0) is 0 Å². The van der Waals surface area contributed by atoms with Crippen LogP contribution in [0.4, 0.5) is 0 Å². The lowest BCUT2D eigenvalue weighted by atomic mass is 9.34. The van der Waals surface area contributed by atoms with Crippen LogP contribution in [0.3, 0.4) is 0 Å². The van der Waals surface area contributed by atoms with E-state index < -0.39 is 0 Å². The Labute approximate surface area is 191 Å². The van der Waals surface area contributed by atoms with Gasteiger partial charge in [0.25, 0.3) is 6.71 Å². The molecule has 0 N–H and O–H groups in total. The van der Waals surface area contributed by atoms with Gasteiger partial charge in [-0.3, -0.25) is 0 Å². The van der Waals surface area contributed by atoms with Gasteiger partial charge in [-0.2, -0.15) is 0 Å². The molecule has 8 rings (SSSR count). The first kappa shape index (κ1) is 17.3. The van der Waals surface area contributed by atoms with Crippen molar-refractivity contribution in [1.82, 2.24) is 4.57 Å². The maximum atomic E-state index is 6.53. The van der Waals surface area contributed by atoms with Gasteiger partial charge in [-0.25, -0.2) is 0 Å². The molecule has 3 heterocycles. The summed E-state index contributed by atoms with van der Waals surface area (Å²) in [5.74, 6) is 1.91. The van der Waals surface area contributed by atoms with Gasteiger partial charge in [0.05, 0.1) is 11.0 Å². The standard InChI is InChI=1S/C30H18BNO/c1-2-8-19(9-3-1)20-14-16-27-24(18-20)31-23-11-5-7-13-26(23)32-25-12-6-4-10-21(25)22-15-17-28(33-27)29(31)30(22)32/h1-18H. The first-order valence-electron chi connectivity index (χ1n) is 11.4. The van der Waals surface area contributed by atoms with E-state index in [0.29, 0.717) is 0 Å². The summed E-state index contributed by atoms with van der Waals surface area (Å²) in [5.41, 5.74) is 10.1. The quantitative estimate of drug-likeness (QED) is 0.326. The van der Waals surface area contributed by atoms with Crippen molar-refractivity contribution >= 4 is 44.9 Å². The Balaban J connectivity index is 1.51. The molecule has 0 fully saturated rings. The van der Waals surface area contributed by atoms with Gasteiger partial charge in [0.2, 0.25) is 0 Å². The van der Waals surface area contributed by atoms with Crippen LogP contribution in [0.1, 0.15) is 0 Å². The zero-order chi connectivity index (χ0) is 21.5. The molecular weight excluding hydrogens is 401 g/mol. The van der Waals surface area contributed by atoms with Crippen molar-refractivity contribution in [2.24, 2.45) is 0 Å². The van der Waals surface area contributed by atoms with Crippen LogP contribution < -0.4 is 21.1 Å². The van der Waals surface area contributed by atoms with Crippen molar-refractivity contribution in [3.63, 3.8) is 0 Å². The summed E-state index contributed by atoms with van der Waals surface area (Å²) in [4.78, 5) is 0. The highest BCUT2D eigenvalue weighted by Crippen LogP contribution is 2.38. The van der Waals surface area contributed by atoms with Crippen molar-refractivity contribution in [2.75, 3.05) is 0 Å². The minimum Gasteiger partial charge on any atom is -0.458 e. The maximum absolute atomic E-state index is 6.53. The van der Waals surface area contributed by atoms with E-state index in [9.17, 15) is 0 Å². The van der Waals surface area contributed by atoms with E-state index in [1.165, 1.54) is 55.0 Å². The maximum Gasteiger partial charge on any atom is 0.256 e. The number of benzene rings is 5. The molecule has 0 saturated heterocycles. The van der Waals surface area contributed by atoms with Gasteiger partial charge in [0, 0.05) is 16.5 Å². The third kappa shape index (κ3) is 2.19. The normalized spacial score (nSPS) is 13.0. The van der Waals surface area contributed by atoms with E-state index in [1.54, 1.807) is 0 Å². The first-order valence-corrected chi connectivity index (χ1v) is 11.4. The van der Waals surface area contributed by atoms with Gasteiger partial charge < -0.3 is 9.30 Å². The fraction of sp³-hybridized carbons (Fsp3) is 0. The second-order valence-corrected chi connectivity index (χ2v) is 8.94. The topological polar surface area (TPSA) is 14.2 Å². The molecule has 5 aromatic carbocycles. The van der Waals surface area contributed by atoms with Crippen molar-refractivity contribution in [3.05, 3.63) is 109 Å². The summed E-state index contributed by atoms with van der Waals surface area (Å²) >= 11 is 0. The number of rotatable bonds is 1. The van der Waals surface area contributed by atoms with Gasteiger partial charge >= 0.3 is 0 Å². The van der Waals surface area contributed by atoms with Gasteiger partial charge in [-0.15, -0.1) is 0 Å². The highest BCUT2D eigenvalue weighted by atomic mass is 16.5. The smallest absolute Gasteiger partial charge is 0.256 e. The van der Waals surface area contributed by atoms with E-state index in [0.717, 1.165) is 11.5 Å². The van der Waals surface area contributed by atoms with Crippen molar-refractivity contribution in [2.45, 2.75) is 0 Å². The Bertz CT molecular complexity index is 1750. The molecule has 0 atom stereocenters. The average Bonchev–Trinajstić information content (AvgIpc) is 3.23. The Kier molecular flexibility index (Phi) is 3.24. The first-order chi connectivity index (χ1) is 16.4. The molecule has 6 aromatic rings. The summed E-state index contributed by atoms with van der Waals surface area (Å²) in [6.45, 7) is 0.143. The number of ether oxygens (including phenoxy) is 1. The van der Waals surface area contributed by atoms with E-state index in [-0.39, 0.29) is 6.71 Å². The molecule has 0 spiro atoms. The monoisotopic (exact) mass is 419 g/mol. The molecule has 0 saturated carbocycles. The second-order valence-electron chi connectivity index (χ2n) is 8.94. The third-order valence-corrected chi connectivity index (χ3v) is 7.26. The zero-order valence-corrected chi connectivity index (χ0v) is 17.8. The summed E-state index contributed by atoms with van der Waals surface area (Å²) in [6, 6.07) is 39.2. The Morgan fingerprint density at radius 1 is 0.576 bits per heavy atom. The highest BCUT2D eigenvalue weighted by Gasteiger charge is 2.40. The van der Waals surface area contributed by atoms with E-state index >= 15 is 0 Å². The van der Waals surface area contributed by atoms with Crippen molar-refractivity contribution < 1.29 is 4.74 Å². The van der Waals surface area contributed by atoms with Crippen molar-refractivity contribution in [1.29, 1.82) is 0 Å². The van der Waals surface area contributed by atoms with E-state index in [2.05, 4.69) is 114 Å². The molecule has 33 heavy (non-hydrogen) atoms. The third-order valence-electron chi connectivity index (χ3n) is 7.26. The molecular formula is C30H18BNO. The van der Waals surface area contributed by atoms with E-state index in [1.807, 2.05) is 0 Å². The molecule has 0 aliphatic carbocycles. The average molecular weight is 419 g/mol. The van der Waals surface area contributed by atoms with E-state index in [4.69, 9.17) is 4.74 Å².